The van der Waals surface area contributed by atoms with E-state index in [1.807, 2.05) is 6.92 Å². The third-order valence-electron chi connectivity index (χ3n) is 2.35. The third-order valence-corrected chi connectivity index (χ3v) is 2.35. The van der Waals surface area contributed by atoms with Crippen molar-refractivity contribution in [3.63, 3.8) is 0 Å². The van der Waals surface area contributed by atoms with Crippen molar-refractivity contribution in [1.29, 1.82) is 0 Å². The van der Waals surface area contributed by atoms with Crippen LogP contribution in [-0.2, 0) is 14.3 Å². The van der Waals surface area contributed by atoms with E-state index in [2.05, 4.69) is 10.6 Å². The Bertz CT molecular complexity index is 194. The van der Waals surface area contributed by atoms with E-state index in [0.717, 1.165) is 0 Å². The summed E-state index contributed by atoms with van der Waals surface area (Å²) >= 11 is 0. The lowest BCUT2D eigenvalue weighted by Gasteiger charge is -2.24. The average molecular weight is 202 g/mol. The summed E-state index contributed by atoms with van der Waals surface area (Å²) in [7, 11) is 3.20. The summed E-state index contributed by atoms with van der Waals surface area (Å²) in [6.45, 7) is 2.66. The fourth-order valence-corrected chi connectivity index (χ4v) is 1.68. The average Bonchev–Trinajstić information content (AvgIpc) is 2.53. The Kier molecular flexibility index (Phi) is 4.31. The summed E-state index contributed by atoms with van der Waals surface area (Å²) in [5.74, 6) is 0.0982. The standard InChI is InChI=1S/C9H18N2O3/c1-6(9(13-2)14-3)11-7-4-8(12)10-5-7/h6-7,9,11H,4-5H2,1-3H3,(H,10,12). The molecule has 0 saturated carbocycles. The number of rotatable bonds is 5. The first kappa shape index (κ1) is 11.4. The van der Waals surface area contributed by atoms with E-state index in [4.69, 9.17) is 9.47 Å². The molecule has 5 nitrogen and oxygen atoms in total. The van der Waals surface area contributed by atoms with Crippen molar-refractivity contribution in [3.05, 3.63) is 0 Å². The van der Waals surface area contributed by atoms with Gasteiger partial charge in [-0.15, -0.1) is 0 Å². The predicted molar refractivity (Wildman–Crippen MR) is 51.8 cm³/mol. The van der Waals surface area contributed by atoms with Gasteiger partial charge in [0.15, 0.2) is 6.29 Å². The number of methoxy groups -OCH3 is 2. The van der Waals surface area contributed by atoms with Crippen LogP contribution in [0.4, 0.5) is 0 Å². The van der Waals surface area contributed by atoms with Gasteiger partial charge < -0.3 is 20.1 Å². The molecule has 14 heavy (non-hydrogen) atoms. The van der Waals surface area contributed by atoms with Crippen LogP contribution in [0.3, 0.4) is 0 Å². The molecule has 2 atom stereocenters. The first-order valence-electron chi connectivity index (χ1n) is 4.75. The van der Waals surface area contributed by atoms with Crippen LogP contribution in [-0.4, -0.2) is 45.0 Å². The van der Waals surface area contributed by atoms with Crippen LogP contribution in [0.5, 0.6) is 0 Å². The molecule has 1 saturated heterocycles. The van der Waals surface area contributed by atoms with Crippen molar-refractivity contribution in [2.24, 2.45) is 0 Å². The highest BCUT2D eigenvalue weighted by atomic mass is 16.7. The van der Waals surface area contributed by atoms with Gasteiger partial charge in [-0.3, -0.25) is 4.79 Å². The molecule has 82 valence electrons. The SMILES string of the molecule is COC(OC)C(C)NC1CNC(=O)C1. The van der Waals surface area contributed by atoms with Crippen LogP contribution >= 0.6 is 0 Å². The Balaban J connectivity index is 2.32. The van der Waals surface area contributed by atoms with Crippen molar-refractivity contribution in [3.8, 4) is 0 Å². The van der Waals surface area contributed by atoms with Crippen LogP contribution in [0.2, 0.25) is 0 Å². The number of ether oxygens (including phenoxy) is 2. The fourth-order valence-electron chi connectivity index (χ4n) is 1.68. The van der Waals surface area contributed by atoms with Crippen LogP contribution in [0, 0.1) is 0 Å². The summed E-state index contributed by atoms with van der Waals surface area (Å²) in [5, 5.41) is 6.04. The fraction of sp³-hybridized carbons (Fsp3) is 0.889. The minimum absolute atomic E-state index is 0.0719. The molecule has 1 rings (SSSR count). The normalized spacial score (nSPS) is 24.0. The van der Waals surface area contributed by atoms with Crippen LogP contribution in [0.15, 0.2) is 0 Å². The van der Waals surface area contributed by atoms with E-state index in [9.17, 15) is 4.79 Å². The van der Waals surface area contributed by atoms with Gasteiger partial charge in [-0.2, -0.15) is 0 Å². The van der Waals surface area contributed by atoms with Gasteiger partial charge in [0.05, 0.1) is 6.04 Å². The molecule has 0 aromatic heterocycles. The molecule has 2 N–H and O–H groups in total. The van der Waals surface area contributed by atoms with E-state index < -0.39 is 0 Å². The Morgan fingerprint density at radius 2 is 2.14 bits per heavy atom. The molecule has 5 heteroatoms. The van der Waals surface area contributed by atoms with Crippen LogP contribution < -0.4 is 10.6 Å². The van der Waals surface area contributed by atoms with Gasteiger partial charge in [-0.1, -0.05) is 0 Å². The van der Waals surface area contributed by atoms with Crippen molar-refractivity contribution in [1.82, 2.24) is 10.6 Å². The quantitative estimate of drug-likeness (QED) is 0.588. The molecule has 1 fully saturated rings. The molecule has 1 heterocycles. The highest BCUT2D eigenvalue weighted by Crippen LogP contribution is 2.04. The highest BCUT2D eigenvalue weighted by Gasteiger charge is 2.25. The Labute approximate surface area is 84.1 Å². The zero-order valence-corrected chi connectivity index (χ0v) is 8.87. The van der Waals surface area contributed by atoms with E-state index >= 15 is 0 Å². The number of hydrogen-bond acceptors (Lipinski definition) is 4. The molecular weight excluding hydrogens is 184 g/mol. The third kappa shape index (κ3) is 2.94. The van der Waals surface area contributed by atoms with Gasteiger partial charge in [-0.05, 0) is 6.92 Å². The van der Waals surface area contributed by atoms with E-state index in [1.54, 1.807) is 14.2 Å². The van der Waals surface area contributed by atoms with Crippen LogP contribution in [0.25, 0.3) is 0 Å². The molecule has 0 radical (unpaired) electrons. The van der Waals surface area contributed by atoms with Gasteiger partial charge in [-0.25, -0.2) is 0 Å². The first-order chi connectivity index (χ1) is 6.67. The lowest BCUT2D eigenvalue weighted by atomic mass is 10.2. The molecular formula is C9H18N2O3. The summed E-state index contributed by atoms with van der Waals surface area (Å²) in [4.78, 5) is 10.9. The van der Waals surface area contributed by atoms with Gasteiger partial charge in [0.1, 0.15) is 0 Å². The zero-order valence-electron chi connectivity index (χ0n) is 8.87. The van der Waals surface area contributed by atoms with Crippen LogP contribution in [0.1, 0.15) is 13.3 Å². The summed E-state index contributed by atoms with van der Waals surface area (Å²) in [6, 6.07) is 0.257. The second-order valence-electron chi connectivity index (χ2n) is 3.50. The number of hydrogen-bond donors (Lipinski definition) is 2. The smallest absolute Gasteiger partial charge is 0.221 e. The van der Waals surface area contributed by atoms with Crippen molar-refractivity contribution >= 4 is 5.91 Å². The molecule has 2 unspecified atom stereocenters. The summed E-state index contributed by atoms with van der Waals surface area (Å²) in [6.07, 6.45) is 0.260. The van der Waals surface area contributed by atoms with Gasteiger partial charge >= 0.3 is 0 Å². The molecule has 1 aliphatic heterocycles. The molecule has 0 aromatic carbocycles. The summed E-state index contributed by atoms with van der Waals surface area (Å²) < 4.78 is 10.2. The van der Waals surface area contributed by atoms with E-state index in [-0.39, 0.29) is 24.3 Å². The minimum Gasteiger partial charge on any atom is -0.354 e. The van der Waals surface area contributed by atoms with Gasteiger partial charge in [0, 0.05) is 33.2 Å². The monoisotopic (exact) mass is 202 g/mol. The largest absolute Gasteiger partial charge is 0.354 e. The maximum Gasteiger partial charge on any atom is 0.221 e. The van der Waals surface area contributed by atoms with Gasteiger partial charge in [0.25, 0.3) is 0 Å². The second-order valence-corrected chi connectivity index (χ2v) is 3.50. The van der Waals surface area contributed by atoms with Crippen molar-refractivity contribution in [2.45, 2.75) is 31.7 Å². The van der Waals surface area contributed by atoms with E-state index in [1.165, 1.54) is 0 Å². The topological polar surface area (TPSA) is 59.6 Å². The highest BCUT2D eigenvalue weighted by molar-refractivity contribution is 5.78. The number of nitrogens with one attached hydrogen (secondary N) is 2. The van der Waals surface area contributed by atoms with E-state index in [0.29, 0.717) is 13.0 Å². The number of carbonyl (C=O) groups excluding carboxylic acids is 1. The molecule has 0 spiro atoms. The molecule has 1 aliphatic rings. The maximum atomic E-state index is 10.9. The Morgan fingerprint density at radius 3 is 2.57 bits per heavy atom. The van der Waals surface area contributed by atoms with Crippen molar-refractivity contribution in [2.75, 3.05) is 20.8 Å². The zero-order chi connectivity index (χ0) is 10.6. The predicted octanol–water partition coefficient (Wildman–Crippen LogP) is -0.528. The first-order valence-corrected chi connectivity index (χ1v) is 4.75. The molecule has 0 bridgehead atoms. The Morgan fingerprint density at radius 1 is 1.50 bits per heavy atom. The Hall–Kier alpha value is -0.650. The lowest BCUT2D eigenvalue weighted by molar-refractivity contribution is -0.122. The number of amides is 1. The molecule has 1 amide bonds. The number of carbonyl (C=O) groups is 1. The second kappa shape index (κ2) is 5.29. The van der Waals surface area contributed by atoms with Crippen molar-refractivity contribution < 1.29 is 14.3 Å². The maximum absolute atomic E-state index is 10.9. The lowest BCUT2D eigenvalue weighted by Crippen LogP contribution is -2.45. The summed E-state index contributed by atoms with van der Waals surface area (Å²) in [5.41, 5.74) is 0. The van der Waals surface area contributed by atoms with Gasteiger partial charge in [0.2, 0.25) is 5.91 Å². The molecule has 0 aromatic rings. The molecule has 0 aliphatic carbocycles. The minimum atomic E-state index is -0.272.